The van der Waals surface area contributed by atoms with Gasteiger partial charge in [0.2, 0.25) is 17.7 Å². The number of likely N-dealkylation sites (tertiary alicyclic amines) is 1. The summed E-state index contributed by atoms with van der Waals surface area (Å²) in [6.45, 7) is -0.868. The average Bonchev–Trinajstić information content (AvgIpc) is 3.48. The van der Waals surface area contributed by atoms with Gasteiger partial charge in [-0.3, -0.25) is 4.79 Å². The largest absolute Gasteiger partial charge is 0.479 e. The van der Waals surface area contributed by atoms with E-state index in [4.69, 9.17) is 9.84 Å². The summed E-state index contributed by atoms with van der Waals surface area (Å²) in [6.07, 6.45) is 0.740. The van der Waals surface area contributed by atoms with Crippen molar-refractivity contribution in [2.45, 2.75) is 25.2 Å². The van der Waals surface area contributed by atoms with E-state index < -0.39 is 31.4 Å². The molecule has 1 amide bonds. The molecule has 4 aromatic rings. The van der Waals surface area contributed by atoms with Crippen LogP contribution >= 0.6 is 0 Å². The van der Waals surface area contributed by atoms with Gasteiger partial charge < -0.3 is 20.1 Å². The molecule has 184 valence electrons. The lowest BCUT2D eigenvalue weighted by Crippen LogP contribution is -2.50. The molecule has 0 saturated carbocycles. The molecule has 35 heavy (non-hydrogen) atoms. The van der Waals surface area contributed by atoms with E-state index in [1.165, 1.54) is 16.7 Å². The van der Waals surface area contributed by atoms with Crippen LogP contribution < -0.4 is 10.1 Å². The van der Waals surface area contributed by atoms with Gasteiger partial charge in [-0.15, -0.1) is 10.2 Å². The summed E-state index contributed by atoms with van der Waals surface area (Å²) in [4.78, 5) is 17.4. The normalized spacial score (nSPS) is 18.3. The predicted molar refractivity (Wildman–Crippen MR) is 123 cm³/mol. The number of amides is 1. The zero-order valence-corrected chi connectivity index (χ0v) is 18.9. The number of halogens is 2. The van der Waals surface area contributed by atoms with Crippen molar-refractivity contribution < 1.29 is 23.4 Å². The second-order valence-electron chi connectivity index (χ2n) is 8.23. The molecule has 1 fully saturated rings. The highest BCUT2D eigenvalue weighted by atomic mass is 19.1. The Morgan fingerprint density at radius 2 is 2.20 bits per heavy atom. The number of piperidine rings is 1. The Kier molecular flexibility index (Phi) is 6.16. The lowest BCUT2D eigenvalue weighted by Gasteiger charge is -2.34. The van der Waals surface area contributed by atoms with Gasteiger partial charge in [0.15, 0.2) is 0 Å². The smallest absolute Gasteiger partial charge is 0.248 e. The molecule has 0 bridgehead atoms. The number of alkyl halides is 2. The number of aromatic nitrogens is 6. The first-order valence-electron chi connectivity index (χ1n) is 11.1. The van der Waals surface area contributed by atoms with Crippen molar-refractivity contribution in [2.24, 2.45) is 0 Å². The van der Waals surface area contributed by atoms with Crippen LogP contribution in [0.5, 0.6) is 5.88 Å². The number of nitrogens with zero attached hydrogens (tertiary/aromatic N) is 7. The van der Waals surface area contributed by atoms with Crippen LogP contribution in [0.3, 0.4) is 0 Å². The minimum Gasteiger partial charge on any atom is -0.479 e. The monoisotopic (exact) mass is 486 g/mol. The number of anilines is 1. The maximum atomic E-state index is 14.7. The summed E-state index contributed by atoms with van der Waals surface area (Å²) in [7, 11) is 1.49. The molecule has 0 unspecified atom stereocenters. The first-order chi connectivity index (χ1) is 17.0. The number of fused-ring (bicyclic) bond motifs is 2. The summed E-state index contributed by atoms with van der Waals surface area (Å²) in [5.74, 6) is -0.0138. The number of carbonyl (C=O) groups excluding carboxylic acids is 1. The molecule has 1 aromatic carbocycles. The Morgan fingerprint density at radius 1 is 1.34 bits per heavy atom. The topological polar surface area (TPSA) is 123 Å². The highest BCUT2D eigenvalue weighted by Gasteiger charge is 2.32. The second kappa shape index (κ2) is 9.41. The number of hydrogen-bond donors (Lipinski definition) is 2. The standard InChI is InChI=1S/C22H24F2N8O3/c1-35-21-20-14(13-2-3-17-18(10-13)31(9-6-23)29-27-17)4-8-32(20)28-22(26-21)25-16-5-7-30(11-15(16)24)19(34)12-33/h2-4,8,10,15-16,33H,5-7,9,11-12H2,1H3,(H,25,28)/t15-,16+/m1/s1. The van der Waals surface area contributed by atoms with Gasteiger partial charge in [0, 0.05) is 18.3 Å². The quantitative estimate of drug-likeness (QED) is 0.403. The number of methoxy groups -OCH3 is 1. The number of benzene rings is 1. The van der Waals surface area contributed by atoms with Gasteiger partial charge in [0.1, 0.15) is 30.5 Å². The Labute approximate surface area is 198 Å². The van der Waals surface area contributed by atoms with Crippen molar-refractivity contribution in [1.29, 1.82) is 0 Å². The molecule has 1 aliphatic heterocycles. The first kappa shape index (κ1) is 22.9. The van der Waals surface area contributed by atoms with Crippen LogP contribution in [0.1, 0.15) is 6.42 Å². The highest BCUT2D eigenvalue weighted by molar-refractivity contribution is 5.89. The van der Waals surface area contributed by atoms with E-state index in [1.807, 2.05) is 24.3 Å². The molecule has 13 heteroatoms. The average molecular weight is 486 g/mol. The maximum Gasteiger partial charge on any atom is 0.248 e. The third-order valence-corrected chi connectivity index (χ3v) is 6.14. The van der Waals surface area contributed by atoms with Gasteiger partial charge in [-0.05, 0) is 30.2 Å². The molecular formula is C22H24F2N8O3. The molecule has 4 heterocycles. The highest BCUT2D eigenvalue weighted by Crippen LogP contribution is 2.33. The summed E-state index contributed by atoms with van der Waals surface area (Å²) in [6, 6.07) is 6.83. The molecule has 0 aliphatic carbocycles. The molecule has 5 rings (SSSR count). The lowest BCUT2D eigenvalue weighted by molar-refractivity contribution is -0.136. The first-order valence-corrected chi connectivity index (χ1v) is 11.1. The fourth-order valence-electron chi connectivity index (χ4n) is 4.37. The van der Waals surface area contributed by atoms with Gasteiger partial charge in [0.25, 0.3) is 0 Å². The van der Waals surface area contributed by atoms with E-state index in [1.54, 1.807) is 10.7 Å². The maximum absolute atomic E-state index is 14.7. The van der Waals surface area contributed by atoms with E-state index in [2.05, 4.69) is 25.7 Å². The molecule has 2 atom stereocenters. The van der Waals surface area contributed by atoms with Gasteiger partial charge in [0.05, 0.1) is 31.8 Å². The van der Waals surface area contributed by atoms with Crippen molar-refractivity contribution in [3.63, 3.8) is 0 Å². The van der Waals surface area contributed by atoms with Crippen molar-refractivity contribution in [3.05, 3.63) is 30.5 Å². The fourth-order valence-corrected chi connectivity index (χ4v) is 4.37. The SMILES string of the molecule is COc1nc(N[C@H]2CCN(C(=O)CO)C[C@H]2F)nn2ccc(-c3ccc4nnn(CCF)c4c3)c12. The zero-order chi connectivity index (χ0) is 24.5. The van der Waals surface area contributed by atoms with Crippen LogP contribution in [0.15, 0.2) is 30.5 Å². The molecule has 0 spiro atoms. The number of hydrogen-bond acceptors (Lipinski definition) is 8. The number of aliphatic hydroxyl groups is 1. The minimum atomic E-state index is -1.35. The van der Waals surface area contributed by atoms with Crippen LogP contribution in [0, 0.1) is 0 Å². The minimum absolute atomic E-state index is 0.111. The van der Waals surface area contributed by atoms with Crippen molar-refractivity contribution in [1.82, 2.24) is 34.5 Å². The van der Waals surface area contributed by atoms with E-state index in [0.717, 1.165) is 11.1 Å². The lowest BCUT2D eigenvalue weighted by atomic mass is 10.0. The molecule has 2 N–H and O–H groups in total. The number of carbonyl (C=O) groups is 1. The Morgan fingerprint density at radius 3 is 2.94 bits per heavy atom. The summed E-state index contributed by atoms with van der Waals surface area (Å²) in [5, 5.41) is 24.6. The molecule has 3 aromatic heterocycles. The molecular weight excluding hydrogens is 462 g/mol. The van der Waals surface area contributed by atoms with Gasteiger partial charge in [-0.2, -0.15) is 4.98 Å². The Bertz CT molecular complexity index is 1370. The van der Waals surface area contributed by atoms with Crippen LogP contribution in [-0.4, -0.2) is 91.2 Å². The summed E-state index contributed by atoms with van der Waals surface area (Å²) in [5.41, 5.74) is 3.60. The number of nitrogens with one attached hydrogen (secondary N) is 1. The van der Waals surface area contributed by atoms with E-state index in [-0.39, 0.29) is 19.0 Å². The fraction of sp³-hybridized carbons (Fsp3) is 0.409. The number of rotatable bonds is 7. The molecule has 1 aliphatic rings. The third-order valence-electron chi connectivity index (χ3n) is 6.14. The van der Waals surface area contributed by atoms with E-state index in [9.17, 15) is 13.6 Å². The predicted octanol–water partition coefficient (Wildman–Crippen LogP) is 1.46. The Hall–Kier alpha value is -3.87. The van der Waals surface area contributed by atoms with E-state index >= 15 is 0 Å². The third kappa shape index (κ3) is 4.22. The van der Waals surface area contributed by atoms with Crippen molar-refractivity contribution in [3.8, 4) is 17.0 Å². The summed E-state index contributed by atoms with van der Waals surface area (Å²) < 4.78 is 36.3. The van der Waals surface area contributed by atoms with Crippen molar-refractivity contribution in [2.75, 3.05) is 38.8 Å². The molecule has 1 saturated heterocycles. The number of ether oxygens (including phenoxy) is 1. The van der Waals surface area contributed by atoms with Gasteiger partial charge >= 0.3 is 0 Å². The van der Waals surface area contributed by atoms with Crippen LogP contribution in [0.2, 0.25) is 0 Å². The van der Waals surface area contributed by atoms with Gasteiger partial charge in [-0.25, -0.2) is 18.0 Å². The van der Waals surface area contributed by atoms with Crippen LogP contribution in [0.25, 0.3) is 27.7 Å². The van der Waals surface area contributed by atoms with Gasteiger partial charge in [-0.1, -0.05) is 11.3 Å². The zero-order valence-electron chi connectivity index (χ0n) is 18.9. The Balaban J connectivity index is 1.44. The van der Waals surface area contributed by atoms with E-state index in [0.29, 0.717) is 35.4 Å². The second-order valence-corrected chi connectivity index (χ2v) is 8.23. The number of aliphatic hydroxyl groups excluding tert-OH is 1. The molecule has 0 radical (unpaired) electrons. The summed E-state index contributed by atoms with van der Waals surface area (Å²) >= 11 is 0. The van der Waals surface area contributed by atoms with Crippen molar-refractivity contribution >= 4 is 28.4 Å². The van der Waals surface area contributed by atoms with Crippen LogP contribution in [-0.2, 0) is 11.3 Å². The molecule has 11 nitrogen and oxygen atoms in total. The number of aryl methyl sites for hydroxylation is 1. The van der Waals surface area contributed by atoms with Crippen LogP contribution in [0.4, 0.5) is 14.7 Å².